The fourth-order valence-electron chi connectivity index (χ4n) is 4.15. The molecule has 2 aliphatic rings. The van der Waals surface area contributed by atoms with Crippen LogP contribution in [0, 0.1) is 0 Å². The number of morpholine rings is 1. The Morgan fingerprint density at radius 1 is 1.24 bits per heavy atom. The van der Waals surface area contributed by atoms with Crippen LogP contribution in [0.1, 0.15) is 32.4 Å². The van der Waals surface area contributed by atoms with Gasteiger partial charge in [0.1, 0.15) is 5.01 Å². The van der Waals surface area contributed by atoms with Crippen LogP contribution >= 0.6 is 22.7 Å². The van der Waals surface area contributed by atoms with E-state index in [9.17, 15) is 0 Å². The van der Waals surface area contributed by atoms with Crippen LogP contribution in [-0.2, 0) is 11.3 Å². The van der Waals surface area contributed by atoms with E-state index in [2.05, 4.69) is 45.9 Å². The molecule has 0 radical (unpaired) electrons. The maximum atomic E-state index is 5.88. The molecule has 0 aromatic carbocycles. The molecule has 25 heavy (non-hydrogen) atoms. The van der Waals surface area contributed by atoms with E-state index in [1.807, 2.05) is 0 Å². The summed E-state index contributed by atoms with van der Waals surface area (Å²) in [4.78, 5) is 10.1. The van der Waals surface area contributed by atoms with E-state index in [1.165, 1.54) is 37.2 Å². The molecular weight excluding hydrogens is 350 g/mol. The highest BCUT2D eigenvalue weighted by atomic mass is 32.1. The summed E-state index contributed by atoms with van der Waals surface area (Å²) in [7, 11) is 0. The van der Waals surface area contributed by atoms with Crippen molar-refractivity contribution in [1.82, 2.24) is 14.8 Å². The van der Waals surface area contributed by atoms with E-state index >= 15 is 0 Å². The third kappa shape index (κ3) is 4.31. The fraction of sp³-hybridized carbons (Fsp3) is 0.632. The number of hydrogen-bond donors (Lipinski definition) is 0. The van der Waals surface area contributed by atoms with Crippen molar-refractivity contribution < 1.29 is 4.74 Å². The number of nitrogens with zero attached hydrogens (tertiary/aromatic N) is 3. The summed E-state index contributed by atoms with van der Waals surface area (Å²) < 4.78 is 5.88. The van der Waals surface area contributed by atoms with Crippen LogP contribution in [0.4, 0.5) is 0 Å². The van der Waals surface area contributed by atoms with E-state index in [0.717, 1.165) is 24.6 Å². The maximum Gasteiger partial charge on any atom is 0.124 e. The predicted molar refractivity (Wildman–Crippen MR) is 105 cm³/mol. The van der Waals surface area contributed by atoms with Crippen LogP contribution in [0.2, 0.25) is 0 Å². The number of hydrogen-bond acceptors (Lipinski definition) is 6. The van der Waals surface area contributed by atoms with Crippen LogP contribution in [0.3, 0.4) is 0 Å². The lowest BCUT2D eigenvalue weighted by molar-refractivity contribution is -0.0724. The molecule has 6 heteroatoms. The van der Waals surface area contributed by atoms with Crippen LogP contribution in [0.5, 0.6) is 0 Å². The second kappa shape index (κ2) is 7.84. The van der Waals surface area contributed by atoms with Crippen LogP contribution in [0.25, 0.3) is 10.6 Å². The van der Waals surface area contributed by atoms with Gasteiger partial charge in [-0.1, -0.05) is 0 Å². The predicted octanol–water partition coefficient (Wildman–Crippen LogP) is 3.95. The number of rotatable bonds is 5. The molecule has 4 heterocycles. The Balaban J connectivity index is 1.37. The maximum absolute atomic E-state index is 5.88. The number of thiazole rings is 1. The first-order chi connectivity index (χ1) is 12.2. The average Bonchev–Trinajstić information content (AvgIpc) is 3.29. The highest BCUT2D eigenvalue weighted by Gasteiger charge is 2.30. The normalized spacial score (nSPS) is 28.6. The molecule has 136 valence electrons. The molecule has 2 aromatic rings. The van der Waals surface area contributed by atoms with Gasteiger partial charge in [0.05, 0.1) is 17.9 Å². The van der Waals surface area contributed by atoms with Gasteiger partial charge in [-0.2, -0.15) is 11.3 Å². The van der Waals surface area contributed by atoms with Gasteiger partial charge in [0.25, 0.3) is 0 Å². The van der Waals surface area contributed by atoms with Gasteiger partial charge >= 0.3 is 0 Å². The number of aromatic nitrogens is 1. The van der Waals surface area contributed by atoms with Gasteiger partial charge in [0, 0.05) is 48.5 Å². The first-order valence-corrected chi connectivity index (χ1v) is 11.1. The Hall–Kier alpha value is -0.790. The van der Waals surface area contributed by atoms with Gasteiger partial charge < -0.3 is 4.74 Å². The average molecular weight is 378 g/mol. The van der Waals surface area contributed by atoms with Gasteiger partial charge in [0.15, 0.2) is 0 Å². The largest absolute Gasteiger partial charge is 0.373 e. The summed E-state index contributed by atoms with van der Waals surface area (Å²) in [5.41, 5.74) is 2.48. The topological polar surface area (TPSA) is 28.6 Å². The molecule has 4 rings (SSSR count). The standard InChI is InChI=1S/C19H27N3OS2/c1-14-8-21(9-15(2)23-14)11-18-4-3-6-22(18)10-17-13-25-19(20-17)16-5-7-24-12-16/h5,7,12-15,18H,3-4,6,8-11H2,1-2H3. The SMILES string of the molecule is CC1CN(CC2CCCN2Cc2csc(-c3ccsc3)n2)CC(C)O1. The third-order valence-corrected chi connectivity index (χ3v) is 6.77. The molecule has 4 nitrogen and oxygen atoms in total. The van der Waals surface area contributed by atoms with Crippen LogP contribution < -0.4 is 0 Å². The molecular formula is C19H27N3OS2. The monoisotopic (exact) mass is 377 g/mol. The van der Waals surface area contributed by atoms with Crippen molar-refractivity contribution in [2.75, 3.05) is 26.2 Å². The Morgan fingerprint density at radius 3 is 2.84 bits per heavy atom. The number of ether oxygens (including phenoxy) is 1. The molecule has 0 N–H and O–H groups in total. The van der Waals surface area contributed by atoms with Crippen molar-refractivity contribution in [3.8, 4) is 10.6 Å². The number of thiophene rings is 1. The molecule has 3 unspecified atom stereocenters. The Labute approximate surface area is 158 Å². The minimum absolute atomic E-state index is 0.352. The zero-order valence-electron chi connectivity index (χ0n) is 15.1. The van der Waals surface area contributed by atoms with E-state index in [1.54, 1.807) is 22.7 Å². The molecule has 0 aliphatic carbocycles. The van der Waals surface area contributed by atoms with E-state index in [-0.39, 0.29) is 0 Å². The van der Waals surface area contributed by atoms with Crippen LogP contribution in [-0.4, -0.2) is 59.2 Å². The van der Waals surface area contributed by atoms with Crippen molar-refractivity contribution in [3.05, 3.63) is 27.9 Å². The van der Waals surface area contributed by atoms with E-state index < -0.39 is 0 Å². The second-order valence-corrected chi connectivity index (χ2v) is 9.04. The van der Waals surface area contributed by atoms with E-state index in [0.29, 0.717) is 18.2 Å². The Morgan fingerprint density at radius 2 is 2.08 bits per heavy atom. The third-order valence-electron chi connectivity index (χ3n) is 5.15. The first kappa shape index (κ1) is 17.6. The molecule has 2 fully saturated rings. The quantitative estimate of drug-likeness (QED) is 0.789. The summed E-state index contributed by atoms with van der Waals surface area (Å²) in [5.74, 6) is 0. The molecule has 2 aromatic heterocycles. The molecule has 2 saturated heterocycles. The highest BCUT2D eigenvalue weighted by molar-refractivity contribution is 7.14. The zero-order valence-corrected chi connectivity index (χ0v) is 16.7. The Kier molecular flexibility index (Phi) is 5.53. The lowest BCUT2D eigenvalue weighted by Crippen LogP contribution is -2.50. The first-order valence-electron chi connectivity index (χ1n) is 9.26. The molecule has 2 aliphatic heterocycles. The minimum Gasteiger partial charge on any atom is -0.373 e. The summed E-state index contributed by atoms with van der Waals surface area (Å²) >= 11 is 3.51. The molecule has 0 saturated carbocycles. The summed E-state index contributed by atoms with van der Waals surface area (Å²) in [5, 5.41) is 7.70. The fourth-order valence-corrected chi connectivity index (χ4v) is 5.67. The molecule has 0 spiro atoms. The minimum atomic E-state index is 0.352. The van der Waals surface area contributed by atoms with Gasteiger partial charge in [-0.05, 0) is 44.7 Å². The molecule has 0 bridgehead atoms. The summed E-state index contributed by atoms with van der Waals surface area (Å²) in [6.07, 6.45) is 3.32. The summed E-state index contributed by atoms with van der Waals surface area (Å²) in [6, 6.07) is 2.82. The smallest absolute Gasteiger partial charge is 0.124 e. The lowest BCUT2D eigenvalue weighted by atomic mass is 10.1. The van der Waals surface area contributed by atoms with Gasteiger partial charge in [-0.3, -0.25) is 9.80 Å². The highest BCUT2D eigenvalue weighted by Crippen LogP contribution is 2.28. The zero-order chi connectivity index (χ0) is 17.2. The lowest BCUT2D eigenvalue weighted by Gasteiger charge is -2.38. The number of likely N-dealkylation sites (tertiary alicyclic amines) is 1. The van der Waals surface area contributed by atoms with Crippen molar-refractivity contribution >= 4 is 22.7 Å². The van der Waals surface area contributed by atoms with Crippen LogP contribution in [0.15, 0.2) is 22.2 Å². The Bertz CT molecular complexity index is 662. The van der Waals surface area contributed by atoms with Gasteiger partial charge in [-0.15, -0.1) is 11.3 Å². The van der Waals surface area contributed by atoms with Gasteiger partial charge in [0.2, 0.25) is 0 Å². The van der Waals surface area contributed by atoms with E-state index in [4.69, 9.17) is 9.72 Å². The van der Waals surface area contributed by atoms with Crippen molar-refractivity contribution in [2.45, 2.75) is 51.5 Å². The van der Waals surface area contributed by atoms with Crippen molar-refractivity contribution in [1.29, 1.82) is 0 Å². The summed E-state index contributed by atoms with van der Waals surface area (Å²) in [6.45, 7) is 9.86. The second-order valence-electron chi connectivity index (χ2n) is 7.40. The molecule has 3 atom stereocenters. The van der Waals surface area contributed by atoms with Crippen molar-refractivity contribution in [2.24, 2.45) is 0 Å². The van der Waals surface area contributed by atoms with Crippen molar-refractivity contribution in [3.63, 3.8) is 0 Å². The van der Waals surface area contributed by atoms with Gasteiger partial charge in [-0.25, -0.2) is 4.98 Å². The molecule has 0 amide bonds.